The molecule has 0 saturated heterocycles. The monoisotopic (exact) mass is 318 g/mol. The molecule has 6 heteroatoms. The van der Waals surface area contributed by atoms with Crippen molar-refractivity contribution in [1.82, 2.24) is 20.1 Å². The third kappa shape index (κ3) is 4.34. The maximum absolute atomic E-state index is 11.8. The number of rotatable bonds is 7. The molecule has 2 rings (SSSR count). The molecule has 0 aliphatic rings. The molecule has 1 amide bonds. The van der Waals surface area contributed by atoms with E-state index in [-0.39, 0.29) is 5.91 Å². The van der Waals surface area contributed by atoms with Gasteiger partial charge in [0.2, 0.25) is 5.91 Å². The van der Waals surface area contributed by atoms with Gasteiger partial charge in [-0.25, -0.2) is 0 Å². The predicted octanol–water partition coefficient (Wildman–Crippen LogP) is 2.89. The first-order valence-corrected chi connectivity index (χ1v) is 8.49. The van der Waals surface area contributed by atoms with Crippen molar-refractivity contribution in [2.75, 3.05) is 12.3 Å². The number of carbonyl (C=O) groups excluding carboxylic acids is 1. The number of aromatic nitrogens is 3. The van der Waals surface area contributed by atoms with E-state index in [9.17, 15) is 4.79 Å². The Hall–Kier alpha value is -1.82. The Labute approximate surface area is 135 Å². The van der Waals surface area contributed by atoms with Crippen molar-refractivity contribution in [1.29, 1.82) is 0 Å². The van der Waals surface area contributed by atoms with Gasteiger partial charge in [-0.15, -0.1) is 10.2 Å². The number of thioether (sulfide) groups is 1. The zero-order valence-corrected chi connectivity index (χ0v) is 14.1. The number of hydrogen-bond donors (Lipinski definition) is 1. The lowest BCUT2D eigenvalue weighted by Crippen LogP contribution is -2.26. The van der Waals surface area contributed by atoms with Crippen molar-refractivity contribution in [3.8, 4) is 5.69 Å². The minimum absolute atomic E-state index is 0.0366. The van der Waals surface area contributed by atoms with Crippen LogP contribution in [-0.2, 0) is 4.79 Å². The second-order valence-corrected chi connectivity index (χ2v) is 6.14. The lowest BCUT2D eigenvalue weighted by Gasteiger charge is -2.09. The van der Waals surface area contributed by atoms with Crippen molar-refractivity contribution in [2.45, 2.75) is 38.8 Å². The van der Waals surface area contributed by atoms with Crippen LogP contribution in [0.4, 0.5) is 0 Å². The van der Waals surface area contributed by atoms with Crippen LogP contribution in [0.3, 0.4) is 0 Å². The Balaban J connectivity index is 2.03. The van der Waals surface area contributed by atoms with Gasteiger partial charge < -0.3 is 5.32 Å². The minimum Gasteiger partial charge on any atom is -0.355 e. The standard InChI is InChI=1S/C16H22N4OS/c1-4-5-10-17-15(21)11-22-16-19-18-13(3)20(16)14-8-6-12(2)7-9-14/h6-9H,4-5,10-11H2,1-3H3,(H,17,21). The molecular weight excluding hydrogens is 296 g/mol. The second kappa shape index (κ2) is 7.98. The van der Waals surface area contributed by atoms with Crippen molar-refractivity contribution in [2.24, 2.45) is 0 Å². The number of unbranched alkanes of at least 4 members (excludes halogenated alkanes) is 1. The van der Waals surface area contributed by atoms with Gasteiger partial charge in [0.05, 0.1) is 5.75 Å². The first kappa shape index (κ1) is 16.5. The summed E-state index contributed by atoms with van der Waals surface area (Å²) in [4.78, 5) is 11.8. The number of nitrogens with zero attached hydrogens (tertiary/aromatic N) is 3. The third-order valence-corrected chi connectivity index (χ3v) is 4.20. The van der Waals surface area contributed by atoms with Crippen LogP contribution in [0.25, 0.3) is 5.69 Å². The van der Waals surface area contributed by atoms with E-state index in [1.165, 1.54) is 17.3 Å². The van der Waals surface area contributed by atoms with Crippen LogP contribution in [-0.4, -0.2) is 33.0 Å². The summed E-state index contributed by atoms with van der Waals surface area (Å²) >= 11 is 1.41. The zero-order valence-electron chi connectivity index (χ0n) is 13.3. The molecule has 2 aromatic rings. The number of amides is 1. The molecular formula is C16H22N4OS. The van der Waals surface area contributed by atoms with E-state index >= 15 is 0 Å². The van der Waals surface area contributed by atoms with Gasteiger partial charge >= 0.3 is 0 Å². The summed E-state index contributed by atoms with van der Waals surface area (Å²) in [6, 6.07) is 8.19. The van der Waals surface area contributed by atoms with Crippen LogP contribution >= 0.6 is 11.8 Å². The largest absolute Gasteiger partial charge is 0.355 e. The lowest BCUT2D eigenvalue weighted by atomic mass is 10.2. The van der Waals surface area contributed by atoms with Gasteiger partial charge in [-0.1, -0.05) is 42.8 Å². The summed E-state index contributed by atoms with van der Waals surface area (Å²) in [5.74, 6) is 1.21. The summed E-state index contributed by atoms with van der Waals surface area (Å²) in [5, 5.41) is 12.0. The molecule has 22 heavy (non-hydrogen) atoms. The topological polar surface area (TPSA) is 59.8 Å². The van der Waals surface area contributed by atoms with Gasteiger partial charge in [-0.2, -0.15) is 0 Å². The van der Waals surface area contributed by atoms with E-state index in [1.807, 2.05) is 23.6 Å². The zero-order chi connectivity index (χ0) is 15.9. The Bertz CT molecular complexity index is 622. The Morgan fingerprint density at radius 1 is 1.23 bits per heavy atom. The van der Waals surface area contributed by atoms with Crippen molar-refractivity contribution in [3.05, 3.63) is 35.7 Å². The molecule has 5 nitrogen and oxygen atoms in total. The Kier molecular flexibility index (Phi) is 6.00. The Morgan fingerprint density at radius 3 is 2.64 bits per heavy atom. The second-order valence-electron chi connectivity index (χ2n) is 5.19. The maximum atomic E-state index is 11.8. The van der Waals surface area contributed by atoms with Gasteiger partial charge in [0, 0.05) is 12.2 Å². The molecule has 0 bridgehead atoms. The summed E-state index contributed by atoms with van der Waals surface area (Å²) < 4.78 is 1.98. The summed E-state index contributed by atoms with van der Waals surface area (Å²) in [5.41, 5.74) is 2.22. The van der Waals surface area contributed by atoms with Crippen molar-refractivity contribution < 1.29 is 4.79 Å². The van der Waals surface area contributed by atoms with E-state index in [2.05, 4.69) is 41.5 Å². The molecule has 0 aliphatic heterocycles. The Morgan fingerprint density at radius 2 is 1.95 bits per heavy atom. The van der Waals surface area contributed by atoms with Gasteiger partial charge in [0.15, 0.2) is 5.16 Å². The molecule has 1 aromatic carbocycles. The highest BCUT2D eigenvalue weighted by Crippen LogP contribution is 2.21. The number of carbonyl (C=O) groups is 1. The minimum atomic E-state index is 0.0366. The first-order chi connectivity index (χ1) is 10.6. The normalized spacial score (nSPS) is 10.7. The smallest absolute Gasteiger partial charge is 0.230 e. The quantitative estimate of drug-likeness (QED) is 0.630. The summed E-state index contributed by atoms with van der Waals surface area (Å²) in [6.07, 6.45) is 2.09. The highest BCUT2D eigenvalue weighted by atomic mass is 32.2. The molecule has 1 N–H and O–H groups in total. The molecule has 0 radical (unpaired) electrons. The molecule has 0 saturated carbocycles. The fourth-order valence-corrected chi connectivity index (χ4v) is 2.84. The summed E-state index contributed by atoms with van der Waals surface area (Å²) in [7, 11) is 0. The van der Waals surface area contributed by atoms with Crippen molar-refractivity contribution >= 4 is 17.7 Å². The molecule has 0 unspecified atom stereocenters. The maximum Gasteiger partial charge on any atom is 0.230 e. The SMILES string of the molecule is CCCCNC(=O)CSc1nnc(C)n1-c1ccc(C)cc1. The number of nitrogens with one attached hydrogen (secondary N) is 1. The van der Waals surface area contributed by atoms with Crippen LogP contribution in [0.15, 0.2) is 29.4 Å². The van der Waals surface area contributed by atoms with Crippen LogP contribution in [0.1, 0.15) is 31.2 Å². The highest BCUT2D eigenvalue weighted by Gasteiger charge is 2.13. The lowest BCUT2D eigenvalue weighted by molar-refractivity contribution is -0.118. The predicted molar refractivity (Wildman–Crippen MR) is 89.5 cm³/mol. The fraction of sp³-hybridized carbons (Fsp3) is 0.438. The molecule has 0 atom stereocenters. The number of benzene rings is 1. The van der Waals surface area contributed by atoms with Gasteiger partial charge in [-0.3, -0.25) is 9.36 Å². The van der Waals surface area contributed by atoms with Crippen LogP contribution in [0, 0.1) is 13.8 Å². The average molecular weight is 318 g/mol. The van der Waals surface area contributed by atoms with E-state index in [0.29, 0.717) is 5.75 Å². The number of aryl methyl sites for hydroxylation is 2. The average Bonchev–Trinajstić information content (AvgIpc) is 2.87. The van der Waals surface area contributed by atoms with E-state index < -0.39 is 0 Å². The molecule has 0 spiro atoms. The first-order valence-electron chi connectivity index (χ1n) is 7.50. The molecule has 0 aliphatic carbocycles. The van der Waals surface area contributed by atoms with Crippen LogP contribution in [0.5, 0.6) is 0 Å². The third-order valence-electron chi connectivity index (χ3n) is 3.27. The van der Waals surface area contributed by atoms with E-state index in [0.717, 1.165) is 36.1 Å². The van der Waals surface area contributed by atoms with Gasteiger partial charge in [0.1, 0.15) is 5.82 Å². The van der Waals surface area contributed by atoms with E-state index in [4.69, 9.17) is 0 Å². The molecule has 1 aromatic heterocycles. The van der Waals surface area contributed by atoms with Gasteiger partial charge in [-0.05, 0) is 32.4 Å². The molecule has 118 valence electrons. The molecule has 1 heterocycles. The fourth-order valence-electron chi connectivity index (χ4n) is 2.01. The number of hydrogen-bond acceptors (Lipinski definition) is 4. The van der Waals surface area contributed by atoms with E-state index in [1.54, 1.807) is 0 Å². The summed E-state index contributed by atoms with van der Waals surface area (Å²) in [6.45, 7) is 6.81. The van der Waals surface area contributed by atoms with Crippen molar-refractivity contribution in [3.63, 3.8) is 0 Å². The van der Waals surface area contributed by atoms with Crippen LogP contribution < -0.4 is 5.32 Å². The van der Waals surface area contributed by atoms with Gasteiger partial charge in [0.25, 0.3) is 0 Å². The highest BCUT2D eigenvalue weighted by molar-refractivity contribution is 7.99. The van der Waals surface area contributed by atoms with Crippen LogP contribution in [0.2, 0.25) is 0 Å². The molecule has 0 fully saturated rings.